The van der Waals surface area contributed by atoms with Gasteiger partial charge >= 0.3 is 45.8 Å². The van der Waals surface area contributed by atoms with Gasteiger partial charge in [-0.2, -0.15) is 18.4 Å². The van der Waals surface area contributed by atoms with Crippen molar-refractivity contribution >= 4 is 28.3 Å². The Kier molecular flexibility index (Phi) is 9.78. The molecule has 2 amide bonds. The van der Waals surface area contributed by atoms with Crippen molar-refractivity contribution in [2.75, 3.05) is 26.1 Å². The maximum Gasteiger partial charge on any atom is 1.00 e. The quantitative estimate of drug-likeness (QED) is 0.388. The number of esters is 1. The number of para-hydroxylation sites is 1. The monoisotopic (exact) mass is 448 g/mol. The van der Waals surface area contributed by atoms with Gasteiger partial charge in [0.05, 0.1) is 26.9 Å². The maximum atomic E-state index is 12.1. The number of nitrogens with one attached hydrogen (secondary N) is 1. The Hall–Kier alpha value is -2.61. The van der Waals surface area contributed by atoms with Crippen molar-refractivity contribution in [1.82, 2.24) is 9.97 Å². The third kappa shape index (κ3) is 7.33. The van der Waals surface area contributed by atoms with Crippen LogP contribution in [0.4, 0.5) is 10.7 Å². The fourth-order valence-electron chi connectivity index (χ4n) is 1.94. The summed E-state index contributed by atoms with van der Waals surface area (Å²) in [6.45, 7) is 1.67. The molecule has 0 spiro atoms. The fourth-order valence-corrected chi connectivity index (χ4v) is 2.60. The van der Waals surface area contributed by atoms with E-state index in [4.69, 9.17) is 18.4 Å². The van der Waals surface area contributed by atoms with Crippen LogP contribution in [0.5, 0.6) is 17.5 Å². The van der Waals surface area contributed by atoms with Crippen molar-refractivity contribution in [3.8, 4) is 17.5 Å². The Morgan fingerprint density at radius 3 is 2.27 bits per heavy atom. The van der Waals surface area contributed by atoms with Crippen LogP contribution in [0.2, 0.25) is 0 Å². The Balaban J connectivity index is 0.00000450. The van der Waals surface area contributed by atoms with Crippen LogP contribution >= 0.6 is 0 Å². The molecule has 0 unspecified atom stereocenters. The van der Waals surface area contributed by atoms with E-state index in [1.54, 1.807) is 6.92 Å². The van der Waals surface area contributed by atoms with E-state index < -0.39 is 22.3 Å². The number of ether oxygens (including phenoxy) is 3. The number of amides is 2. The second-order valence-corrected chi connectivity index (χ2v) is 6.23. The molecule has 1 aromatic carbocycles. The van der Waals surface area contributed by atoms with Gasteiger partial charge in [-0.3, -0.25) is 9.52 Å². The van der Waals surface area contributed by atoms with Crippen LogP contribution in [0.15, 0.2) is 30.3 Å². The molecule has 0 aliphatic carbocycles. The van der Waals surface area contributed by atoms with Crippen LogP contribution < -0.4 is 48.5 Å². The first-order chi connectivity index (χ1) is 13.8. The third-order valence-corrected chi connectivity index (χ3v) is 3.87. The molecule has 0 bridgehead atoms. The predicted octanol–water partition coefficient (Wildman–Crippen LogP) is -1.10. The number of carbonyl (C=O) groups is 2. The van der Waals surface area contributed by atoms with Crippen LogP contribution in [0.1, 0.15) is 17.3 Å². The smallest absolute Gasteiger partial charge is 0.481 e. The number of aromatic nitrogens is 2. The zero-order valence-electron chi connectivity index (χ0n) is 16.6. The van der Waals surface area contributed by atoms with Crippen LogP contribution in [0.3, 0.4) is 0 Å². The van der Waals surface area contributed by atoms with Crippen LogP contribution in [0.25, 0.3) is 4.72 Å². The summed E-state index contributed by atoms with van der Waals surface area (Å²) in [4.78, 5) is 31.5. The normalized spacial score (nSPS) is 10.2. The van der Waals surface area contributed by atoms with Crippen molar-refractivity contribution in [2.24, 2.45) is 0 Å². The van der Waals surface area contributed by atoms with Gasteiger partial charge < -0.3 is 23.7 Å². The Labute approximate surface area is 194 Å². The topological polar surface area (TPSA) is 157 Å². The molecule has 0 atom stereocenters. The van der Waals surface area contributed by atoms with E-state index >= 15 is 0 Å². The molecule has 1 aromatic heterocycles. The van der Waals surface area contributed by atoms with Gasteiger partial charge in [-0.15, -0.1) is 0 Å². The van der Waals surface area contributed by atoms with Gasteiger partial charge in [-0.1, -0.05) is 12.1 Å². The summed E-state index contributed by atoms with van der Waals surface area (Å²) >= 11 is 0. The molecule has 2 aromatic rings. The van der Waals surface area contributed by atoms with E-state index in [2.05, 4.69) is 20.0 Å². The number of rotatable bonds is 8. The molecule has 1 N–H and O–H groups in total. The number of benzene rings is 1. The Bertz CT molecular complexity index is 980. The van der Waals surface area contributed by atoms with E-state index in [0.29, 0.717) is 0 Å². The molecule has 12 nitrogen and oxygen atoms in total. The van der Waals surface area contributed by atoms with E-state index in [-0.39, 0.29) is 65.2 Å². The molecule has 0 saturated carbocycles. The van der Waals surface area contributed by atoms with E-state index in [9.17, 15) is 18.0 Å². The molecule has 14 heteroatoms. The number of anilines is 1. The summed E-state index contributed by atoms with van der Waals surface area (Å²) in [5.41, 5.74) is -0.144. The van der Waals surface area contributed by atoms with Crippen LogP contribution in [-0.4, -0.2) is 51.2 Å². The number of urea groups is 1. The van der Waals surface area contributed by atoms with Gasteiger partial charge in [0.2, 0.25) is 11.8 Å². The Morgan fingerprint density at radius 1 is 1.10 bits per heavy atom. The number of nitrogens with zero attached hydrogens (tertiary/aromatic N) is 3. The average molecular weight is 448 g/mol. The number of carbonyl (C=O) groups excluding carboxylic acids is 2. The van der Waals surface area contributed by atoms with Crippen molar-refractivity contribution in [1.29, 1.82) is 0 Å². The minimum Gasteiger partial charge on any atom is -0.481 e. The summed E-state index contributed by atoms with van der Waals surface area (Å²) < 4.78 is 46.5. The summed E-state index contributed by atoms with van der Waals surface area (Å²) in [7, 11) is -2.11. The molecule has 0 aliphatic rings. The number of methoxy groups -OCH3 is 2. The second-order valence-electron chi connectivity index (χ2n) is 5.03. The molecule has 1 heterocycles. The molecule has 0 radical (unpaired) electrons. The summed E-state index contributed by atoms with van der Waals surface area (Å²) in [5, 5.41) is 2.05. The second kappa shape index (κ2) is 11.5. The molecular formula is C16H17N4NaO8S. The van der Waals surface area contributed by atoms with Gasteiger partial charge in [0, 0.05) is 0 Å². The summed E-state index contributed by atoms with van der Waals surface area (Å²) in [5.74, 6) is -1.32. The fraction of sp³-hybridized carbons (Fsp3) is 0.250. The minimum absolute atomic E-state index is 0. The zero-order valence-corrected chi connectivity index (χ0v) is 19.4. The SMILES string of the molecule is CCOC(=O)c1ccccc1OS(=O)(=O)[N-]C(=O)Nc1nc(OC)cc(OC)n1.[Na+]. The van der Waals surface area contributed by atoms with Gasteiger partial charge in [-0.05, 0) is 19.1 Å². The largest absolute Gasteiger partial charge is 1.00 e. The van der Waals surface area contributed by atoms with Gasteiger partial charge in [-0.25, -0.2) is 4.79 Å². The predicted molar refractivity (Wildman–Crippen MR) is 99.5 cm³/mol. The van der Waals surface area contributed by atoms with Crippen molar-refractivity contribution in [3.63, 3.8) is 0 Å². The van der Waals surface area contributed by atoms with Crippen molar-refractivity contribution in [3.05, 3.63) is 40.6 Å². The molecule has 0 saturated heterocycles. The summed E-state index contributed by atoms with van der Waals surface area (Å²) in [6, 6.07) is 5.45. The van der Waals surface area contributed by atoms with Crippen molar-refractivity contribution < 1.29 is 66.0 Å². The first-order valence-corrected chi connectivity index (χ1v) is 9.36. The molecule has 0 aliphatic heterocycles. The standard InChI is InChI=1S/C16H18N4O8S.Na/c1-4-27-14(21)10-7-5-6-8-11(10)28-29(23,24)20-16(22)19-15-17-12(25-2)9-13(18-15)26-3;/h5-9H,4H2,1-3H3,(H2,17,18,19,20,22);/q;+1/p-1. The van der Waals surface area contributed by atoms with Gasteiger partial charge in [0.15, 0.2) is 17.7 Å². The van der Waals surface area contributed by atoms with Gasteiger partial charge in [0.25, 0.3) is 0 Å². The molecular weight excluding hydrogens is 431 g/mol. The Morgan fingerprint density at radius 2 is 1.70 bits per heavy atom. The maximum absolute atomic E-state index is 12.1. The first kappa shape index (κ1) is 25.4. The minimum atomic E-state index is -4.77. The first-order valence-electron chi connectivity index (χ1n) is 7.99. The number of hydrogen-bond donors (Lipinski definition) is 1. The van der Waals surface area contributed by atoms with Crippen LogP contribution in [-0.2, 0) is 15.0 Å². The van der Waals surface area contributed by atoms with Gasteiger partial charge in [0.1, 0.15) is 5.56 Å². The zero-order chi connectivity index (χ0) is 21.4. The van der Waals surface area contributed by atoms with E-state index in [1.165, 1.54) is 44.6 Å². The van der Waals surface area contributed by atoms with Crippen molar-refractivity contribution in [2.45, 2.75) is 6.92 Å². The van der Waals surface area contributed by atoms with E-state index in [0.717, 1.165) is 0 Å². The van der Waals surface area contributed by atoms with Crippen LogP contribution in [0, 0.1) is 0 Å². The molecule has 2 rings (SSSR count). The molecule has 0 fully saturated rings. The summed E-state index contributed by atoms with van der Waals surface area (Å²) in [6.07, 6.45) is 0. The van der Waals surface area contributed by atoms with E-state index in [1.807, 2.05) is 0 Å². The average Bonchev–Trinajstić information content (AvgIpc) is 2.67. The number of hydrogen-bond acceptors (Lipinski definition) is 10. The molecule has 30 heavy (non-hydrogen) atoms. The molecule has 156 valence electrons. The third-order valence-electron chi connectivity index (χ3n) is 3.09.